The molecule has 1 aliphatic rings. The Morgan fingerprint density at radius 3 is 1.05 bits per heavy atom. The van der Waals surface area contributed by atoms with Crippen molar-refractivity contribution in [2.75, 3.05) is 21.3 Å². The zero-order valence-electron chi connectivity index (χ0n) is 28.3. The van der Waals surface area contributed by atoms with Crippen molar-refractivity contribution in [2.24, 2.45) is 0 Å². The number of rotatable bonds is 7. The molecule has 0 heterocycles. The van der Waals surface area contributed by atoms with Crippen LogP contribution in [0.25, 0.3) is 0 Å². The molecular formula is C36H45Cl3O3SiTi. The Balaban J connectivity index is 0.00000462. The third-order valence-corrected chi connectivity index (χ3v) is 15.5. The molecule has 0 bridgehead atoms. The summed E-state index contributed by atoms with van der Waals surface area (Å²) in [7, 11) is 2.32. The summed E-state index contributed by atoms with van der Waals surface area (Å²) in [5, 5.41) is 3.83. The topological polar surface area (TPSA) is 27.7 Å². The molecular weight excluding hydrogens is 663 g/mol. The number of hydrogen-bond acceptors (Lipinski definition) is 3. The van der Waals surface area contributed by atoms with Gasteiger partial charge in [0.15, 0.2) is 0 Å². The summed E-state index contributed by atoms with van der Waals surface area (Å²) < 4.78 is 17.4. The smallest absolute Gasteiger partial charge is 1.00 e. The summed E-state index contributed by atoms with van der Waals surface area (Å²) in [6.07, 6.45) is 4.10. The predicted molar refractivity (Wildman–Crippen MR) is 171 cm³/mol. The fourth-order valence-corrected chi connectivity index (χ4v) is 14.0. The molecule has 1 atom stereocenters. The molecule has 8 heteroatoms. The van der Waals surface area contributed by atoms with Crippen molar-refractivity contribution < 1.29 is 73.1 Å². The Kier molecular flexibility index (Phi) is 15.2. The molecule has 0 radical (unpaired) electrons. The summed E-state index contributed by atoms with van der Waals surface area (Å²) in [5.74, 6) is 2.76. The maximum Gasteiger partial charge on any atom is 4.00 e. The molecule has 0 aliphatic heterocycles. The van der Waals surface area contributed by atoms with Crippen LogP contribution < -0.4 is 67.0 Å². The van der Waals surface area contributed by atoms with Crippen LogP contribution >= 0.6 is 0 Å². The summed E-state index contributed by atoms with van der Waals surface area (Å²) in [5.41, 5.74) is 11.1. The molecule has 3 aromatic carbocycles. The third-order valence-electron chi connectivity index (χ3n) is 9.50. The van der Waals surface area contributed by atoms with E-state index in [1.54, 1.807) is 21.3 Å². The monoisotopic (exact) mass is 706 g/mol. The molecule has 0 fully saturated rings. The number of aryl methyl sites for hydroxylation is 6. The standard InChI is InChI=1S/C36H45O3Si.3ClH.Ti/c1-21-17-33(24(4)14-30(21)37-11)40(36(10)20-27(7)28(8)29(36)9,34-18-22(2)31(38-12)15-25(34)5)35-19-23(3)32(39-13)16-26(35)6;;;;/h14-19H,1-13H3;3*1H;/q-1;;;;+4/p-3. The van der Waals surface area contributed by atoms with Crippen molar-refractivity contribution in [2.45, 2.75) is 74.3 Å². The van der Waals surface area contributed by atoms with E-state index in [-0.39, 0.29) is 64.0 Å². The second-order valence-electron chi connectivity index (χ2n) is 11.8. The number of halogens is 3. The fraction of sp³-hybridized carbons (Fsp3) is 0.389. The first-order chi connectivity index (χ1) is 18.8. The van der Waals surface area contributed by atoms with Crippen molar-refractivity contribution >= 4 is 23.6 Å². The van der Waals surface area contributed by atoms with Crippen molar-refractivity contribution in [3.05, 3.63) is 92.6 Å². The Morgan fingerprint density at radius 2 is 0.818 bits per heavy atom. The van der Waals surface area contributed by atoms with Gasteiger partial charge < -0.3 is 51.4 Å². The molecule has 0 aromatic heterocycles. The van der Waals surface area contributed by atoms with E-state index in [9.17, 15) is 0 Å². The quantitative estimate of drug-likeness (QED) is 0.160. The maximum absolute atomic E-state index is 5.81. The molecule has 44 heavy (non-hydrogen) atoms. The van der Waals surface area contributed by atoms with E-state index in [4.69, 9.17) is 14.2 Å². The van der Waals surface area contributed by atoms with Crippen molar-refractivity contribution in [1.82, 2.24) is 0 Å². The van der Waals surface area contributed by atoms with Crippen molar-refractivity contribution in [3.8, 4) is 17.2 Å². The van der Waals surface area contributed by atoms with E-state index < -0.39 is 8.07 Å². The number of allylic oxidation sites excluding steroid dienone is 4. The van der Waals surface area contributed by atoms with Crippen LogP contribution in [0.15, 0.2) is 53.1 Å². The van der Waals surface area contributed by atoms with Crippen molar-refractivity contribution in [1.29, 1.82) is 0 Å². The molecule has 236 valence electrons. The zero-order chi connectivity index (χ0) is 29.7. The van der Waals surface area contributed by atoms with Gasteiger partial charge in [-0.2, -0.15) is 11.1 Å². The van der Waals surface area contributed by atoms with E-state index in [1.807, 2.05) is 0 Å². The number of ether oxygens (including phenoxy) is 3. The molecule has 1 aliphatic carbocycles. The molecule has 3 aromatic rings. The molecule has 0 spiro atoms. The van der Waals surface area contributed by atoms with Crippen LogP contribution in [0.4, 0.5) is 0 Å². The van der Waals surface area contributed by atoms with Crippen LogP contribution in [0.5, 0.6) is 17.2 Å². The Morgan fingerprint density at radius 1 is 0.523 bits per heavy atom. The molecule has 0 N–H and O–H groups in total. The zero-order valence-corrected chi connectivity index (χ0v) is 33.2. The summed E-state index contributed by atoms with van der Waals surface area (Å²) in [6.45, 7) is 22.5. The van der Waals surface area contributed by atoms with E-state index >= 15 is 0 Å². The summed E-state index contributed by atoms with van der Waals surface area (Å²) in [6, 6.07) is 13.9. The van der Waals surface area contributed by atoms with Crippen LogP contribution in [0.2, 0.25) is 5.04 Å². The SMILES string of the molecule is COc1cc(C)c([Si](c2cc(C)c(OC)cc2C)(c2cc(C)c(OC)cc2C)C2(C)[C-]=C(C)C(C)=C2C)cc1C.[Cl-].[Cl-].[Cl-].[Ti+4]. The van der Waals surface area contributed by atoms with Gasteiger partial charge in [0.05, 0.1) is 21.3 Å². The summed E-state index contributed by atoms with van der Waals surface area (Å²) >= 11 is 0. The van der Waals surface area contributed by atoms with Gasteiger partial charge in [-0.1, -0.05) is 44.0 Å². The van der Waals surface area contributed by atoms with Gasteiger partial charge in [0.1, 0.15) is 25.3 Å². The Hall–Kier alpha value is -1.66. The Labute approximate surface area is 300 Å². The number of benzene rings is 3. The average Bonchev–Trinajstić information content (AvgIpc) is 3.12. The van der Waals surface area contributed by atoms with Gasteiger partial charge in [-0.15, -0.1) is 6.92 Å². The third kappa shape index (κ3) is 6.46. The normalized spacial score (nSPS) is 15.7. The number of methoxy groups -OCH3 is 3. The van der Waals surface area contributed by atoms with Gasteiger partial charge in [-0.25, -0.2) is 5.57 Å². The molecule has 0 saturated heterocycles. The van der Waals surface area contributed by atoms with Gasteiger partial charge in [-0.05, 0) is 109 Å². The molecule has 0 saturated carbocycles. The first-order valence-corrected chi connectivity index (χ1v) is 16.1. The maximum atomic E-state index is 5.81. The van der Waals surface area contributed by atoms with Crippen LogP contribution in [0, 0.1) is 47.6 Å². The minimum Gasteiger partial charge on any atom is -1.00 e. The minimum atomic E-state index is -2.95. The predicted octanol–water partition coefficient (Wildman–Crippen LogP) is -2.10. The van der Waals surface area contributed by atoms with Crippen LogP contribution in [0.3, 0.4) is 0 Å². The van der Waals surface area contributed by atoms with E-state index in [1.165, 1.54) is 49.0 Å². The van der Waals surface area contributed by atoms with Gasteiger partial charge in [0, 0.05) is 0 Å². The second-order valence-corrected chi connectivity index (χ2v) is 15.9. The largest absolute Gasteiger partial charge is 4.00 e. The first-order valence-electron chi connectivity index (χ1n) is 14.1. The Bertz CT molecular complexity index is 1440. The molecule has 3 nitrogen and oxygen atoms in total. The molecule has 1 unspecified atom stereocenters. The minimum absolute atomic E-state index is 0. The van der Waals surface area contributed by atoms with Crippen molar-refractivity contribution in [3.63, 3.8) is 0 Å². The van der Waals surface area contributed by atoms with Crippen LogP contribution in [0.1, 0.15) is 61.1 Å². The average molecular weight is 708 g/mol. The fourth-order valence-electron chi connectivity index (χ4n) is 7.08. The summed E-state index contributed by atoms with van der Waals surface area (Å²) in [4.78, 5) is 0. The number of hydrogen-bond donors (Lipinski definition) is 0. The second kappa shape index (κ2) is 15.8. The van der Waals surface area contributed by atoms with Gasteiger partial charge >= 0.3 is 21.7 Å². The molecule has 0 amide bonds. The van der Waals surface area contributed by atoms with E-state index in [2.05, 4.69) is 112 Å². The molecule has 4 rings (SSSR count). The van der Waals surface area contributed by atoms with Gasteiger partial charge in [-0.3, -0.25) is 6.08 Å². The van der Waals surface area contributed by atoms with Gasteiger partial charge in [0.25, 0.3) is 0 Å². The van der Waals surface area contributed by atoms with Crippen LogP contribution in [-0.2, 0) is 21.7 Å². The van der Waals surface area contributed by atoms with E-state index in [0.29, 0.717) is 0 Å². The van der Waals surface area contributed by atoms with E-state index in [0.717, 1.165) is 33.9 Å². The first kappa shape index (κ1) is 42.3. The van der Waals surface area contributed by atoms with Crippen LogP contribution in [-0.4, -0.2) is 29.4 Å². The van der Waals surface area contributed by atoms with Gasteiger partial charge in [0.2, 0.25) is 0 Å².